The Balaban J connectivity index is 2.66. The summed E-state index contributed by atoms with van der Waals surface area (Å²) in [6.07, 6.45) is 0. The average Bonchev–Trinajstić information content (AvgIpc) is 2.14. The molecule has 3 nitrogen and oxygen atoms in total. The number of alkyl halides is 3. The number of amides is 1. The number of hydrogen-bond donors (Lipinski definition) is 2. The maximum atomic E-state index is 12.6. The van der Waals surface area contributed by atoms with Crippen LogP contribution in [0.1, 0.15) is 10.4 Å². The second kappa shape index (κ2) is 4.92. The summed E-state index contributed by atoms with van der Waals surface area (Å²) in [5.74, 6) is -0.884. The average molecular weight is 270 g/mol. The van der Waals surface area contributed by atoms with E-state index >= 15 is 0 Å². The van der Waals surface area contributed by atoms with E-state index in [0.717, 1.165) is 0 Å². The summed E-state index contributed by atoms with van der Waals surface area (Å²) in [5.41, 5.74) is 0.0163. The molecule has 1 aromatic rings. The van der Waals surface area contributed by atoms with Crippen molar-refractivity contribution in [1.29, 1.82) is 0 Å². The minimum absolute atomic E-state index is 0.0163. The molecule has 15 heavy (non-hydrogen) atoms. The van der Waals surface area contributed by atoms with E-state index in [0.29, 0.717) is 0 Å². The molecule has 1 rings (SSSR count). The maximum absolute atomic E-state index is 12.6. The highest BCUT2D eigenvalue weighted by molar-refractivity contribution is 8.01. The van der Waals surface area contributed by atoms with E-state index in [-0.39, 0.29) is 23.3 Å². The van der Waals surface area contributed by atoms with Crippen molar-refractivity contribution in [2.75, 3.05) is 0 Å². The smallest absolute Gasteiger partial charge is 0.323 e. The Labute approximate surface area is 99.7 Å². The molecule has 0 bridgehead atoms. The van der Waals surface area contributed by atoms with Gasteiger partial charge in [-0.3, -0.25) is 9.52 Å². The maximum Gasteiger partial charge on any atom is 0.323 e. The predicted molar refractivity (Wildman–Crippen MR) is 58.7 cm³/mol. The van der Waals surface area contributed by atoms with Crippen LogP contribution in [-0.2, 0) is 0 Å². The van der Waals surface area contributed by atoms with E-state index < -0.39 is 9.83 Å². The van der Waals surface area contributed by atoms with Gasteiger partial charge in [0.15, 0.2) is 0 Å². The number of benzene rings is 1. The lowest BCUT2D eigenvalue weighted by molar-refractivity contribution is 0.0981. The molecule has 82 valence electrons. The number of para-hydroxylation sites is 1. The fourth-order valence-electron chi connectivity index (χ4n) is 0.825. The number of carbonyl (C=O) groups excluding carboxylic acids is 1. The summed E-state index contributed by atoms with van der Waals surface area (Å²) in [7, 11) is 0. The third kappa shape index (κ3) is 4.15. The van der Waals surface area contributed by atoms with E-state index in [9.17, 15) is 14.3 Å². The van der Waals surface area contributed by atoms with Gasteiger partial charge in [-0.15, -0.1) is 0 Å². The Morgan fingerprint density at radius 2 is 2.07 bits per heavy atom. The van der Waals surface area contributed by atoms with E-state index in [1.54, 1.807) is 12.1 Å². The Bertz CT molecular complexity index is 370. The molecule has 0 saturated carbocycles. The van der Waals surface area contributed by atoms with Crippen molar-refractivity contribution in [2.24, 2.45) is 0 Å². The molecule has 0 aliphatic heterocycles. The fourth-order valence-corrected chi connectivity index (χ4v) is 1.37. The van der Waals surface area contributed by atoms with E-state index in [4.69, 9.17) is 23.2 Å². The molecule has 0 aliphatic rings. The molecular formula is C8H6Cl2FNO2S. The minimum atomic E-state index is -2.60. The molecule has 0 spiro atoms. The molecule has 2 N–H and O–H groups in total. The number of rotatable bonds is 3. The van der Waals surface area contributed by atoms with Crippen LogP contribution in [0.15, 0.2) is 24.3 Å². The first-order valence-corrected chi connectivity index (χ1v) is 5.30. The Hall–Kier alpha value is -0.650. The van der Waals surface area contributed by atoms with Gasteiger partial charge in [0.1, 0.15) is 5.75 Å². The second-order valence-corrected chi connectivity index (χ2v) is 5.15. The van der Waals surface area contributed by atoms with Crippen molar-refractivity contribution >= 4 is 41.1 Å². The highest BCUT2D eigenvalue weighted by Gasteiger charge is 2.25. The van der Waals surface area contributed by atoms with Crippen LogP contribution in [0.2, 0.25) is 0 Å². The number of hydrogen-bond acceptors (Lipinski definition) is 3. The normalized spacial score (nSPS) is 11.1. The fraction of sp³-hybridized carbons (Fsp3) is 0.125. The van der Waals surface area contributed by atoms with Crippen LogP contribution in [0, 0.1) is 0 Å². The second-order valence-electron chi connectivity index (χ2n) is 2.50. The van der Waals surface area contributed by atoms with Crippen LogP contribution in [-0.4, -0.2) is 14.9 Å². The summed E-state index contributed by atoms with van der Waals surface area (Å²) >= 11 is 10.2. The molecule has 0 saturated heterocycles. The Morgan fingerprint density at radius 1 is 1.47 bits per heavy atom. The molecule has 0 aliphatic carbocycles. The first-order valence-electron chi connectivity index (χ1n) is 3.73. The molecule has 0 atom stereocenters. The third-order valence-corrected chi connectivity index (χ3v) is 2.39. The SMILES string of the molecule is O=C(NSC(F)(Cl)Cl)c1ccccc1O. The molecular weight excluding hydrogens is 264 g/mol. The van der Waals surface area contributed by atoms with Gasteiger partial charge in [-0.05, 0) is 12.1 Å². The molecule has 0 heterocycles. The van der Waals surface area contributed by atoms with Crippen LogP contribution in [0.5, 0.6) is 5.75 Å². The van der Waals surface area contributed by atoms with Crippen molar-refractivity contribution in [3.8, 4) is 5.75 Å². The van der Waals surface area contributed by atoms with Crippen molar-refractivity contribution < 1.29 is 14.3 Å². The molecule has 1 aromatic carbocycles. The number of carbonyl (C=O) groups is 1. The molecule has 0 unspecified atom stereocenters. The molecule has 0 radical (unpaired) electrons. The number of halogens is 3. The highest BCUT2D eigenvalue weighted by atomic mass is 35.5. The van der Waals surface area contributed by atoms with Gasteiger partial charge in [-0.1, -0.05) is 35.3 Å². The Morgan fingerprint density at radius 3 is 2.60 bits per heavy atom. The third-order valence-electron chi connectivity index (χ3n) is 1.41. The molecule has 0 fully saturated rings. The van der Waals surface area contributed by atoms with E-state index in [1.165, 1.54) is 12.1 Å². The molecule has 1 amide bonds. The number of phenolic OH excluding ortho intramolecular Hbond substituents is 1. The van der Waals surface area contributed by atoms with Crippen molar-refractivity contribution in [1.82, 2.24) is 4.72 Å². The van der Waals surface area contributed by atoms with Crippen LogP contribution in [0.3, 0.4) is 0 Å². The summed E-state index contributed by atoms with van der Waals surface area (Å²) in [5, 5.41) is 9.28. The topological polar surface area (TPSA) is 49.3 Å². The van der Waals surface area contributed by atoms with Gasteiger partial charge >= 0.3 is 3.92 Å². The van der Waals surface area contributed by atoms with Gasteiger partial charge in [-0.25, -0.2) is 0 Å². The predicted octanol–water partition coefficient (Wildman–Crippen LogP) is 2.83. The lowest BCUT2D eigenvalue weighted by Gasteiger charge is -2.09. The minimum Gasteiger partial charge on any atom is -0.507 e. The largest absolute Gasteiger partial charge is 0.507 e. The van der Waals surface area contributed by atoms with Gasteiger partial charge in [0.05, 0.1) is 5.56 Å². The van der Waals surface area contributed by atoms with Crippen LogP contribution in [0.4, 0.5) is 4.39 Å². The number of nitrogens with one attached hydrogen (secondary N) is 1. The van der Waals surface area contributed by atoms with E-state index in [2.05, 4.69) is 4.72 Å². The van der Waals surface area contributed by atoms with Gasteiger partial charge < -0.3 is 5.11 Å². The zero-order valence-corrected chi connectivity index (χ0v) is 9.54. The zero-order chi connectivity index (χ0) is 11.5. The first-order chi connectivity index (χ1) is 6.90. The van der Waals surface area contributed by atoms with Crippen LogP contribution < -0.4 is 4.72 Å². The highest BCUT2D eigenvalue weighted by Crippen LogP contribution is 2.34. The van der Waals surface area contributed by atoms with Gasteiger partial charge in [0, 0.05) is 11.9 Å². The van der Waals surface area contributed by atoms with E-state index in [1.807, 2.05) is 0 Å². The van der Waals surface area contributed by atoms with Gasteiger partial charge in [0.2, 0.25) is 0 Å². The van der Waals surface area contributed by atoms with Crippen molar-refractivity contribution in [3.63, 3.8) is 0 Å². The standard InChI is InChI=1S/C8H6Cl2FNO2S/c9-8(10,11)15-12-7(14)5-3-1-2-4-6(5)13/h1-4,13H,(H,12,14). The number of phenols is 1. The lowest BCUT2D eigenvalue weighted by Crippen LogP contribution is -2.20. The Kier molecular flexibility index (Phi) is 4.07. The number of aromatic hydroxyl groups is 1. The first kappa shape index (κ1) is 12.4. The molecule has 0 aromatic heterocycles. The van der Waals surface area contributed by atoms with Crippen LogP contribution >= 0.6 is 35.1 Å². The van der Waals surface area contributed by atoms with Gasteiger partial charge in [0.25, 0.3) is 5.91 Å². The zero-order valence-electron chi connectivity index (χ0n) is 7.21. The summed E-state index contributed by atoms with van der Waals surface area (Å²) in [4.78, 5) is 11.3. The quantitative estimate of drug-likeness (QED) is 0.656. The van der Waals surface area contributed by atoms with Crippen LogP contribution in [0.25, 0.3) is 0 Å². The summed E-state index contributed by atoms with van der Waals surface area (Å²) in [6, 6.07) is 5.84. The summed E-state index contributed by atoms with van der Waals surface area (Å²) in [6.45, 7) is 0. The van der Waals surface area contributed by atoms with Gasteiger partial charge in [-0.2, -0.15) is 4.39 Å². The van der Waals surface area contributed by atoms with Crippen molar-refractivity contribution in [3.05, 3.63) is 29.8 Å². The molecule has 7 heteroatoms. The monoisotopic (exact) mass is 269 g/mol. The summed E-state index contributed by atoms with van der Waals surface area (Å²) < 4.78 is 12.0. The van der Waals surface area contributed by atoms with Crippen molar-refractivity contribution in [2.45, 2.75) is 3.92 Å². The lowest BCUT2D eigenvalue weighted by atomic mass is 10.2.